The van der Waals surface area contributed by atoms with E-state index in [4.69, 9.17) is 0 Å². The first-order valence-corrected chi connectivity index (χ1v) is 11.7. The number of aliphatic hydroxyl groups is 1. The number of carbonyl (C=O) groups excluding carboxylic acids is 1. The second-order valence-electron chi connectivity index (χ2n) is 9.59. The number of benzene rings is 2. The summed E-state index contributed by atoms with van der Waals surface area (Å²) in [6.07, 6.45) is -8.97. The fourth-order valence-electron chi connectivity index (χ4n) is 5.93. The summed E-state index contributed by atoms with van der Waals surface area (Å²) in [5.74, 6) is -0.991. The fraction of sp³-hybridized carbons (Fsp3) is 0.346. The standard InChI is InChI=1S/C26H24F6N3O2/c27-25(28,29)24(12-18-13-33-22-9-5-4-8-21(18)22)16-35(26(30,31)32)19(10-11-20(35)15-36)14-34(24)23(37)17-6-2-1-3-7-17/h1-9,11,13,19,33,36H,10,12,14-16H2/q+1. The van der Waals surface area contributed by atoms with Gasteiger partial charge in [0.1, 0.15) is 24.9 Å². The van der Waals surface area contributed by atoms with Crippen molar-refractivity contribution in [3.63, 3.8) is 0 Å². The van der Waals surface area contributed by atoms with Crippen molar-refractivity contribution in [2.45, 2.75) is 36.9 Å². The third-order valence-electron chi connectivity index (χ3n) is 7.75. The van der Waals surface area contributed by atoms with Crippen molar-refractivity contribution >= 4 is 16.8 Å². The van der Waals surface area contributed by atoms with Crippen molar-refractivity contribution in [3.8, 4) is 0 Å². The van der Waals surface area contributed by atoms with Gasteiger partial charge in [-0.15, -0.1) is 13.2 Å². The Morgan fingerprint density at radius 3 is 2.38 bits per heavy atom. The highest BCUT2D eigenvalue weighted by Crippen LogP contribution is 2.54. The molecule has 2 aliphatic heterocycles. The predicted molar refractivity (Wildman–Crippen MR) is 123 cm³/mol. The van der Waals surface area contributed by atoms with Crippen LogP contribution < -0.4 is 0 Å². The normalized spacial score (nSPS) is 26.3. The van der Waals surface area contributed by atoms with Crippen molar-refractivity contribution < 1.29 is 40.7 Å². The van der Waals surface area contributed by atoms with Gasteiger partial charge in [0.15, 0.2) is 5.54 Å². The minimum atomic E-state index is -5.24. The lowest BCUT2D eigenvalue weighted by Crippen LogP contribution is -2.80. The summed E-state index contributed by atoms with van der Waals surface area (Å²) in [7, 11) is 0. The molecule has 11 heteroatoms. The number of aromatic nitrogens is 1. The topological polar surface area (TPSA) is 56.3 Å². The molecule has 1 fully saturated rings. The van der Waals surface area contributed by atoms with Crippen LogP contribution in [0.15, 0.2) is 72.6 Å². The molecule has 37 heavy (non-hydrogen) atoms. The molecule has 5 rings (SSSR count). The molecule has 2 N–H and O–H groups in total. The van der Waals surface area contributed by atoms with Crippen molar-refractivity contribution in [3.05, 3.63) is 83.7 Å². The number of fused-ring (bicyclic) bond motifs is 2. The average Bonchev–Trinajstić information content (AvgIpc) is 3.44. The number of carbonyl (C=O) groups is 1. The van der Waals surface area contributed by atoms with Crippen molar-refractivity contribution in [1.29, 1.82) is 0 Å². The van der Waals surface area contributed by atoms with Crippen molar-refractivity contribution in [2.75, 3.05) is 19.7 Å². The molecule has 1 saturated heterocycles. The molecular weight excluding hydrogens is 500 g/mol. The van der Waals surface area contributed by atoms with Crippen LogP contribution in [0.2, 0.25) is 0 Å². The Morgan fingerprint density at radius 1 is 1.05 bits per heavy atom. The molecule has 1 amide bonds. The van der Waals surface area contributed by atoms with Crippen LogP contribution in [0.3, 0.4) is 0 Å². The summed E-state index contributed by atoms with van der Waals surface area (Å²) >= 11 is 0. The third-order valence-corrected chi connectivity index (χ3v) is 7.75. The van der Waals surface area contributed by atoms with Gasteiger partial charge in [-0.05, 0) is 29.8 Å². The van der Waals surface area contributed by atoms with Gasteiger partial charge in [-0.2, -0.15) is 17.7 Å². The van der Waals surface area contributed by atoms with Crippen LogP contribution in [-0.2, 0) is 6.42 Å². The number of rotatable bonds is 4. The van der Waals surface area contributed by atoms with E-state index < -0.39 is 66.3 Å². The Labute approximate surface area is 208 Å². The van der Waals surface area contributed by atoms with E-state index in [1.807, 2.05) is 0 Å². The van der Waals surface area contributed by atoms with E-state index in [0.717, 1.165) is 6.08 Å². The predicted octanol–water partition coefficient (Wildman–Crippen LogP) is 5.15. The van der Waals surface area contributed by atoms with Gasteiger partial charge >= 0.3 is 12.5 Å². The van der Waals surface area contributed by atoms with E-state index in [0.29, 0.717) is 15.8 Å². The maximum atomic E-state index is 15.3. The zero-order valence-corrected chi connectivity index (χ0v) is 19.5. The van der Waals surface area contributed by atoms with Gasteiger partial charge in [0.2, 0.25) is 0 Å². The number of quaternary nitrogens is 1. The summed E-state index contributed by atoms with van der Waals surface area (Å²) in [5.41, 5.74) is -3.12. The average molecular weight is 524 g/mol. The molecule has 3 unspecified atom stereocenters. The van der Waals surface area contributed by atoms with Crippen LogP contribution in [0, 0.1) is 0 Å². The molecule has 196 valence electrons. The number of nitrogens with one attached hydrogen (secondary N) is 1. The lowest BCUT2D eigenvalue weighted by atomic mass is 9.82. The molecule has 2 aromatic carbocycles. The number of aromatic amines is 1. The van der Waals surface area contributed by atoms with E-state index >= 15 is 13.2 Å². The number of aliphatic hydroxyl groups excluding tert-OH is 1. The van der Waals surface area contributed by atoms with E-state index in [-0.39, 0.29) is 17.5 Å². The molecule has 0 bridgehead atoms. The molecular formula is C26H24F6N3O2+. The zero-order chi connectivity index (χ0) is 26.6. The molecule has 3 heterocycles. The van der Waals surface area contributed by atoms with Crippen LogP contribution >= 0.6 is 0 Å². The zero-order valence-electron chi connectivity index (χ0n) is 19.5. The number of H-pyrrole nitrogens is 1. The first kappa shape index (κ1) is 25.3. The van der Waals surface area contributed by atoms with E-state index in [1.54, 1.807) is 30.3 Å². The summed E-state index contributed by atoms with van der Waals surface area (Å²) < 4.78 is 88.2. The first-order valence-electron chi connectivity index (χ1n) is 11.7. The Morgan fingerprint density at radius 2 is 1.73 bits per heavy atom. The van der Waals surface area contributed by atoms with Crippen LogP contribution in [0.5, 0.6) is 0 Å². The highest BCUT2D eigenvalue weighted by Gasteiger charge is 2.76. The van der Waals surface area contributed by atoms with Gasteiger partial charge in [0.05, 0.1) is 6.54 Å². The van der Waals surface area contributed by atoms with Gasteiger partial charge in [-0.25, -0.2) is 0 Å². The number of piperazine rings is 1. The molecule has 2 aliphatic rings. The SMILES string of the molecule is O=C(c1ccccc1)N1CC2CC=C(CO)[N+]2(C(F)(F)F)CC1(Cc1c[nH]c2ccccc12)C(F)(F)F. The van der Waals surface area contributed by atoms with E-state index in [2.05, 4.69) is 4.98 Å². The Balaban J connectivity index is 1.74. The monoisotopic (exact) mass is 524 g/mol. The number of halogens is 6. The van der Waals surface area contributed by atoms with Crippen molar-refractivity contribution in [2.24, 2.45) is 0 Å². The third kappa shape index (κ3) is 3.74. The molecule has 3 aromatic rings. The van der Waals surface area contributed by atoms with Gasteiger partial charge in [0.25, 0.3) is 5.91 Å². The lowest BCUT2D eigenvalue weighted by molar-refractivity contribution is -1.02. The van der Waals surface area contributed by atoms with E-state index in [1.165, 1.54) is 30.5 Å². The van der Waals surface area contributed by atoms with Crippen LogP contribution in [0.4, 0.5) is 26.3 Å². The molecule has 0 saturated carbocycles. The Kier molecular flexibility index (Phi) is 5.91. The minimum Gasteiger partial charge on any atom is -0.386 e. The van der Waals surface area contributed by atoms with Crippen LogP contribution in [0.25, 0.3) is 10.9 Å². The van der Waals surface area contributed by atoms with Crippen LogP contribution in [0.1, 0.15) is 22.3 Å². The highest BCUT2D eigenvalue weighted by atomic mass is 19.4. The van der Waals surface area contributed by atoms with Crippen LogP contribution in [-0.4, -0.2) is 69.1 Å². The highest BCUT2D eigenvalue weighted by molar-refractivity contribution is 5.95. The fourth-order valence-corrected chi connectivity index (χ4v) is 5.93. The largest absolute Gasteiger partial charge is 0.566 e. The summed E-state index contributed by atoms with van der Waals surface area (Å²) in [5, 5.41) is 10.2. The molecule has 1 aromatic heterocycles. The number of para-hydroxylation sites is 1. The van der Waals surface area contributed by atoms with Gasteiger partial charge in [0, 0.05) is 35.5 Å². The second kappa shape index (κ2) is 8.63. The molecule has 0 aliphatic carbocycles. The van der Waals surface area contributed by atoms with Gasteiger partial charge in [-0.1, -0.05) is 36.4 Å². The Hall–Kier alpha value is -3.31. The molecule has 0 spiro atoms. The summed E-state index contributed by atoms with van der Waals surface area (Å²) in [6, 6.07) is 12.4. The maximum absolute atomic E-state index is 15.3. The Bertz CT molecular complexity index is 1350. The van der Waals surface area contributed by atoms with Gasteiger partial charge < -0.3 is 15.0 Å². The van der Waals surface area contributed by atoms with E-state index in [9.17, 15) is 23.1 Å². The number of nitrogens with zero attached hydrogens (tertiary/aromatic N) is 2. The van der Waals surface area contributed by atoms with Crippen molar-refractivity contribution in [1.82, 2.24) is 9.88 Å². The lowest BCUT2D eigenvalue weighted by Gasteiger charge is -2.56. The minimum absolute atomic E-state index is 0.0459. The van der Waals surface area contributed by atoms with Gasteiger partial charge in [-0.3, -0.25) is 4.79 Å². The molecule has 0 radical (unpaired) electrons. The quantitative estimate of drug-likeness (QED) is 0.282. The smallest absolute Gasteiger partial charge is 0.386 e. The number of alkyl halides is 6. The second-order valence-corrected chi connectivity index (χ2v) is 9.59. The maximum Gasteiger partial charge on any atom is 0.566 e. The number of hydrogen-bond donors (Lipinski definition) is 2. The first-order chi connectivity index (χ1) is 17.4. The molecule has 5 nitrogen and oxygen atoms in total. The number of hydrogen-bond acceptors (Lipinski definition) is 2. The summed E-state index contributed by atoms with van der Waals surface area (Å²) in [6.45, 7) is -3.31. The molecule has 3 atom stereocenters. The summed E-state index contributed by atoms with van der Waals surface area (Å²) in [4.78, 5) is 17.1. The number of amides is 1.